The molecule has 0 radical (unpaired) electrons. The van der Waals surface area contributed by atoms with Crippen molar-refractivity contribution in [2.24, 2.45) is 0 Å². The van der Waals surface area contributed by atoms with E-state index in [9.17, 15) is 9.90 Å². The maximum atomic E-state index is 11.9. The van der Waals surface area contributed by atoms with Gasteiger partial charge in [0.2, 0.25) is 0 Å². The first-order valence-corrected chi connectivity index (χ1v) is 6.40. The fraction of sp³-hybridized carbons (Fsp3) is 0.0556. The minimum atomic E-state index is -0.205. The van der Waals surface area contributed by atoms with E-state index in [-0.39, 0.29) is 11.5 Å². The van der Waals surface area contributed by atoms with Crippen LogP contribution in [-0.4, -0.2) is 10.9 Å². The average molecular weight is 264 g/mol. The van der Waals surface area contributed by atoms with Gasteiger partial charge in [0.05, 0.1) is 5.56 Å². The van der Waals surface area contributed by atoms with Crippen molar-refractivity contribution in [3.63, 3.8) is 0 Å². The third-order valence-corrected chi connectivity index (χ3v) is 2.86. The first kappa shape index (κ1) is 13.8. The molecule has 0 saturated carbocycles. The van der Waals surface area contributed by atoms with Gasteiger partial charge in [-0.2, -0.15) is 0 Å². The summed E-state index contributed by atoms with van der Waals surface area (Å²) < 4.78 is 0. The summed E-state index contributed by atoms with van der Waals surface area (Å²) in [6, 6.07) is 14.8. The molecule has 100 valence electrons. The van der Waals surface area contributed by atoms with E-state index in [1.165, 1.54) is 12.1 Å². The number of carbonyl (C=O) groups is 1. The second-order valence-corrected chi connectivity index (χ2v) is 4.51. The van der Waals surface area contributed by atoms with E-state index in [0.717, 1.165) is 11.1 Å². The second-order valence-electron chi connectivity index (χ2n) is 4.51. The molecule has 0 saturated heterocycles. The summed E-state index contributed by atoms with van der Waals surface area (Å²) >= 11 is 0. The molecule has 2 heteroatoms. The first-order valence-electron chi connectivity index (χ1n) is 6.40. The number of rotatable bonds is 4. The molecule has 2 rings (SSSR count). The topological polar surface area (TPSA) is 37.3 Å². The second kappa shape index (κ2) is 6.53. The van der Waals surface area contributed by atoms with E-state index in [1.54, 1.807) is 24.3 Å². The molecule has 2 aromatic carbocycles. The largest absolute Gasteiger partial charge is 0.507 e. The van der Waals surface area contributed by atoms with Crippen LogP contribution in [0.4, 0.5) is 0 Å². The lowest BCUT2D eigenvalue weighted by Crippen LogP contribution is -1.95. The number of allylic oxidation sites excluding steroid dienone is 3. The van der Waals surface area contributed by atoms with Gasteiger partial charge in [0.15, 0.2) is 5.78 Å². The molecular weight excluding hydrogens is 248 g/mol. The van der Waals surface area contributed by atoms with Crippen LogP contribution in [-0.2, 0) is 0 Å². The summed E-state index contributed by atoms with van der Waals surface area (Å²) in [6.45, 7) is 1.88. The predicted molar refractivity (Wildman–Crippen MR) is 81.8 cm³/mol. The van der Waals surface area contributed by atoms with Crippen LogP contribution >= 0.6 is 0 Å². The van der Waals surface area contributed by atoms with Crippen LogP contribution in [0.25, 0.3) is 6.08 Å². The number of aryl methyl sites for hydroxylation is 1. The van der Waals surface area contributed by atoms with Crippen molar-refractivity contribution < 1.29 is 9.90 Å². The number of phenols is 1. The van der Waals surface area contributed by atoms with Gasteiger partial charge in [0.25, 0.3) is 0 Å². The van der Waals surface area contributed by atoms with E-state index >= 15 is 0 Å². The Morgan fingerprint density at radius 3 is 2.55 bits per heavy atom. The van der Waals surface area contributed by atoms with Crippen LogP contribution in [0.3, 0.4) is 0 Å². The lowest BCUT2D eigenvalue weighted by molar-refractivity contribution is 0.104. The van der Waals surface area contributed by atoms with E-state index in [2.05, 4.69) is 0 Å². The molecule has 0 spiro atoms. The summed E-state index contributed by atoms with van der Waals surface area (Å²) in [4.78, 5) is 11.9. The van der Waals surface area contributed by atoms with Crippen molar-refractivity contribution >= 4 is 11.9 Å². The number of benzene rings is 2. The van der Waals surface area contributed by atoms with Crippen molar-refractivity contribution in [1.82, 2.24) is 0 Å². The molecule has 0 heterocycles. The number of hydrogen-bond donors (Lipinski definition) is 1. The van der Waals surface area contributed by atoms with Gasteiger partial charge in [-0.15, -0.1) is 0 Å². The Balaban J connectivity index is 2.06. The van der Waals surface area contributed by atoms with Crippen LogP contribution in [0.15, 0.2) is 66.8 Å². The Morgan fingerprint density at radius 1 is 1.05 bits per heavy atom. The molecule has 0 aliphatic heterocycles. The molecule has 0 aromatic heterocycles. The van der Waals surface area contributed by atoms with Crippen molar-refractivity contribution in [3.8, 4) is 5.75 Å². The molecule has 20 heavy (non-hydrogen) atoms. The van der Waals surface area contributed by atoms with E-state index in [1.807, 2.05) is 43.3 Å². The van der Waals surface area contributed by atoms with Gasteiger partial charge in [-0.05, 0) is 30.7 Å². The Hall–Kier alpha value is -2.61. The lowest BCUT2D eigenvalue weighted by atomic mass is 10.1. The van der Waals surface area contributed by atoms with E-state index in [0.29, 0.717) is 5.56 Å². The van der Waals surface area contributed by atoms with Crippen molar-refractivity contribution in [2.45, 2.75) is 6.92 Å². The zero-order chi connectivity index (χ0) is 14.4. The molecule has 0 bridgehead atoms. The van der Waals surface area contributed by atoms with E-state index < -0.39 is 0 Å². The summed E-state index contributed by atoms with van der Waals surface area (Å²) in [7, 11) is 0. The third kappa shape index (κ3) is 3.69. The van der Waals surface area contributed by atoms with Crippen LogP contribution in [0.5, 0.6) is 5.75 Å². The molecule has 0 unspecified atom stereocenters. The maximum Gasteiger partial charge on any atom is 0.189 e. The zero-order valence-corrected chi connectivity index (χ0v) is 11.3. The SMILES string of the molecule is Cc1ccc(O)c(C(=O)/C=C/C=C\c2ccccc2)c1. The first-order chi connectivity index (χ1) is 9.66. The van der Waals surface area contributed by atoms with Gasteiger partial charge in [0, 0.05) is 0 Å². The number of aromatic hydroxyl groups is 1. The highest BCUT2D eigenvalue weighted by Gasteiger charge is 2.07. The summed E-state index contributed by atoms with van der Waals surface area (Å²) in [5.41, 5.74) is 2.34. The van der Waals surface area contributed by atoms with Crippen LogP contribution in [0.1, 0.15) is 21.5 Å². The summed E-state index contributed by atoms with van der Waals surface area (Å²) in [6.07, 6.45) is 6.85. The lowest BCUT2D eigenvalue weighted by Gasteiger charge is -2.01. The predicted octanol–water partition coefficient (Wildman–Crippen LogP) is 4.15. The highest BCUT2D eigenvalue weighted by Crippen LogP contribution is 2.19. The number of ketones is 1. The molecule has 0 atom stereocenters. The number of hydrogen-bond acceptors (Lipinski definition) is 2. The monoisotopic (exact) mass is 264 g/mol. The molecule has 0 amide bonds. The van der Waals surface area contributed by atoms with Crippen molar-refractivity contribution in [3.05, 3.63) is 83.4 Å². The molecule has 0 fully saturated rings. The Labute approximate surface area is 118 Å². The Morgan fingerprint density at radius 2 is 1.80 bits per heavy atom. The highest BCUT2D eigenvalue weighted by atomic mass is 16.3. The van der Waals surface area contributed by atoms with Gasteiger partial charge >= 0.3 is 0 Å². The maximum absolute atomic E-state index is 11.9. The summed E-state index contributed by atoms with van der Waals surface area (Å²) in [5, 5.41) is 9.67. The molecule has 2 nitrogen and oxygen atoms in total. The van der Waals surface area contributed by atoms with Crippen molar-refractivity contribution in [2.75, 3.05) is 0 Å². The van der Waals surface area contributed by atoms with E-state index in [4.69, 9.17) is 0 Å². The van der Waals surface area contributed by atoms with Crippen LogP contribution < -0.4 is 0 Å². The van der Waals surface area contributed by atoms with Gasteiger partial charge in [-0.3, -0.25) is 4.79 Å². The minimum absolute atomic E-state index is 0.0114. The standard InChI is InChI=1S/C18H16O2/c1-14-11-12-18(20)16(13-14)17(19)10-6-5-9-15-7-3-2-4-8-15/h2-13,20H,1H3/b9-5-,10-6+. The number of phenolic OH excluding ortho intramolecular Hbond substituents is 1. The molecule has 2 aromatic rings. The smallest absolute Gasteiger partial charge is 0.189 e. The van der Waals surface area contributed by atoms with Gasteiger partial charge in [0.1, 0.15) is 5.75 Å². The van der Waals surface area contributed by atoms with Crippen molar-refractivity contribution in [1.29, 1.82) is 0 Å². The van der Waals surface area contributed by atoms with Crippen LogP contribution in [0.2, 0.25) is 0 Å². The Kier molecular flexibility index (Phi) is 4.51. The Bertz CT molecular complexity index is 652. The fourth-order valence-electron chi connectivity index (χ4n) is 1.81. The van der Waals surface area contributed by atoms with Gasteiger partial charge in [-0.25, -0.2) is 0 Å². The highest BCUT2D eigenvalue weighted by molar-refractivity contribution is 6.06. The van der Waals surface area contributed by atoms with Gasteiger partial charge < -0.3 is 5.11 Å². The molecule has 0 aliphatic carbocycles. The summed E-state index contributed by atoms with van der Waals surface area (Å²) in [5.74, 6) is -0.193. The molecular formula is C18H16O2. The number of carbonyl (C=O) groups excluding carboxylic acids is 1. The minimum Gasteiger partial charge on any atom is -0.507 e. The normalized spacial score (nSPS) is 11.2. The molecule has 1 N–H and O–H groups in total. The van der Waals surface area contributed by atoms with Gasteiger partial charge in [-0.1, -0.05) is 60.2 Å². The molecule has 0 aliphatic rings. The fourth-order valence-corrected chi connectivity index (χ4v) is 1.81. The third-order valence-electron chi connectivity index (χ3n) is 2.86. The zero-order valence-electron chi connectivity index (χ0n) is 11.3. The van der Waals surface area contributed by atoms with Crippen LogP contribution in [0, 0.1) is 6.92 Å². The average Bonchev–Trinajstić information content (AvgIpc) is 2.47. The quantitative estimate of drug-likeness (QED) is 0.511.